The van der Waals surface area contributed by atoms with E-state index in [-0.39, 0.29) is 11.9 Å². The number of benzene rings is 1. The number of aromatic nitrogens is 2. The van der Waals surface area contributed by atoms with Crippen LogP contribution in [-0.4, -0.2) is 63.7 Å². The van der Waals surface area contributed by atoms with Crippen LogP contribution in [0, 0.1) is 0 Å². The lowest BCUT2D eigenvalue weighted by Crippen LogP contribution is -2.54. The third-order valence-electron chi connectivity index (χ3n) is 5.85. The Morgan fingerprint density at radius 3 is 2.40 bits per heavy atom. The molecule has 4 rings (SSSR count). The van der Waals surface area contributed by atoms with Gasteiger partial charge in [0.25, 0.3) is 0 Å². The quantitative estimate of drug-likeness (QED) is 0.792. The Labute approximate surface area is 177 Å². The van der Waals surface area contributed by atoms with Crippen molar-refractivity contribution in [1.82, 2.24) is 24.9 Å². The lowest BCUT2D eigenvalue weighted by Gasteiger charge is -2.35. The standard InChI is InChI=1S/C23H29N5O2/c29-22(12-11-19-17-24-28(18-19)21-9-5-2-6-10-21)26-13-15-27(16-14-26)23(30)25-20-7-3-1-4-8-20/h2,5-6,9-12,17-18,20H,1,3-4,7-8,13-16H2,(H,25,30)/b12-11+. The molecule has 0 spiro atoms. The van der Waals surface area contributed by atoms with Crippen LogP contribution in [0.5, 0.6) is 0 Å². The molecule has 1 aliphatic heterocycles. The summed E-state index contributed by atoms with van der Waals surface area (Å²) in [5.74, 6) is -0.0326. The minimum atomic E-state index is -0.0326. The molecule has 2 aliphatic rings. The Balaban J connectivity index is 1.25. The van der Waals surface area contributed by atoms with Gasteiger partial charge in [-0.25, -0.2) is 9.48 Å². The van der Waals surface area contributed by atoms with Crippen molar-refractivity contribution in [2.45, 2.75) is 38.1 Å². The van der Waals surface area contributed by atoms with Crippen molar-refractivity contribution in [2.24, 2.45) is 0 Å². The Morgan fingerprint density at radius 2 is 1.67 bits per heavy atom. The number of nitrogens with zero attached hydrogens (tertiary/aromatic N) is 4. The molecular weight excluding hydrogens is 378 g/mol. The van der Waals surface area contributed by atoms with E-state index in [1.54, 1.807) is 27.9 Å². The molecule has 7 heteroatoms. The first kappa shape index (κ1) is 20.2. The topological polar surface area (TPSA) is 70.5 Å². The van der Waals surface area contributed by atoms with E-state index in [0.717, 1.165) is 24.1 Å². The molecule has 30 heavy (non-hydrogen) atoms. The monoisotopic (exact) mass is 407 g/mol. The largest absolute Gasteiger partial charge is 0.336 e. The molecule has 158 valence electrons. The molecule has 0 unspecified atom stereocenters. The zero-order chi connectivity index (χ0) is 20.8. The molecule has 2 aromatic rings. The van der Waals surface area contributed by atoms with Gasteiger partial charge in [0.05, 0.1) is 11.9 Å². The number of hydrogen-bond acceptors (Lipinski definition) is 3. The van der Waals surface area contributed by atoms with Gasteiger partial charge in [-0.3, -0.25) is 4.79 Å². The van der Waals surface area contributed by atoms with Crippen LogP contribution in [0.4, 0.5) is 4.79 Å². The molecule has 1 saturated carbocycles. The molecule has 2 heterocycles. The minimum Gasteiger partial charge on any atom is -0.336 e. The second-order valence-electron chi connectivity index (χ2n) is 7.98. The number of piperazine rings is 1. The number of para-hydroxylation sites is 1. The summed E-state index contributed by atoms with van der Waals surface area (Å²) in [7, 11) is 0. The predicted molar refractivity (Wildman–Crippen MR) is 116 cm³/mol. The van der Waals surface area contributed by atoms with Crippen LogP contribution in [0.1, 0.15) is 37.7 Å². The van der Waals surface area contributed by atoms with Gasteiger partial charge in [-0.05, 0) is 31.1 Å². The van der Waals surface area contributed by atoms with Crippen molar-refractivity contribution >= 4 is 18.0 Å². The third-order valence-corrected chi connectivity index (χ3v) is 5.85. The van der Waals surface area contributed by atoms with Gasteiger partial charge in [-0.15, -0.1) is 0 Å². The van der Waals surface area contributed by atoms with Crippen LogP contribution in [0.15, 0.2) is 48.8 Å². The number of carbonyl (C=O) groups is 2. The molecule has 1 aromatic heterocycles. The van der Waals surface area contributed by atoms with Crippen molar-refractivity contribution in [2.75, 3.05) is 26.2 Å². The lowest BCUT2D eigenvalue weighted by molar-refractivity contribution is -0.127. The van der Waals surface area contributed by atoms with Crippen LogP contribution in [0.25, 0.3) is 11.8 Å². The van der Waals surface area contributed by atoms with Crippen molar-refractivity contribution < 1.29 is 9.59 Å². The second-order valence-corrected chi connectivity index (χ2v) is 7.98. The first-order valence-corrected chi connectivity index (χ1v) is 10.8. The van der Waals surface area contributed by atoms with Gasteiger partial charge in [0.1, 0.15) is 0 Å². The van der Waals surface area contributed by atoms with Gasteiger partial charge in [-0.2, -0.15) is 5.10 Å². The summed E-state index contributed by atoms with van der Waals surface area (Å²) in [5.41, 5.74) is 1.85. The molecule has 1 saturated heterocycles. The average Bonchev–Trinajstić information content (AvgIpc) is 3.28. The van der Waals surface area contributed by atoms with Crippen molar-refractivity contribution in [3.8, 4) is 5.69 Å². The van der Waals surface area contributed by atoms with Crippen molar-refractivity contribution in [1.29, 1.82) is 0 Å². The summed E-state index contributed by atoms with van der Waals surface area (Å²) in [6.07, 6.45) is 12.8. The van der Waals surface area contributed by atoms with Crippen LogP contribution >= 0.6 is 0 Å². The first-order valence-electron chi connectivity index (χ1n) is 10.8. The summed E-state index contributed by atoms with van der Waals surface area (Å²) >= 11 is 0. The second kappa shape index (κ2) is 9.61. The van der Waals surface area contributed by atoms with E-state index in [1.165, 1.54) is 19.3 Å². The first-order chi connectivity index (χ1) is 14.7. The highest BCUT2D eigenvalue weighted by Crippen LogP contribution is 2.18. The highest BCUT2D eigenvalue weighted by Gasteiger charge is 2.25. The molecular formula is C23H29N5O2. The molecule has 0 bridgehead atoms. The van der Waals surface area contributed by atoms with Gasteiger partial charge in [-0.1, -0.05) is 37.5 Å². The molecule has 2 fully saturated rings. The zero-order valence-electron chi connectivity index (χ0n) is 17.2. The molecule has 0 atom stereocenters. The number of hydrogen-bond donors (Lipinski definition) is 1. The highest BCUT2D eigenvalue weighted by atomic mass is 16.2. The van der Waals surface area contributed by atoms with Crippen LogP contribution in [0.2, 0.25) is 0 Å². The van der Waals surface area contributed by atoms with E-state index in [2.05, 4.69) is 10.4 Å². The number of carbonyl (C=O) groups excluding carboxylic acids is 2. The molecule has 1 aliphatic carbocycles. The Hall–Kier alpha value is -3.09. The number of amides is 3. The molecule has 7 nitrogen and oxygen atoms in total. The Morgan fingerprint density at radius 1 is 0.967 bits per heavy atom. The maximum absolute atomic E-state index is 12.5. The van der Waals surface area contributed by atoms with Gasteiger partial charge in [0, 0.05) is 50.1 Å². The van der Waals surface area contributed by atoms with Crippen LogP contribution in [-0.2, 0) is 4.79 Å². The molecule has 0 radical (unpaired) electrons. The zero-order valence-corrected chi connectivity index (χ0v) is 17.2. The number of rotatable bonds is 4. The fourth-order valence-corrected chi connectivity index (χ4v) is 4.06. The SMILES string of the molecule is O=C(/C=C/c1cnn(-c2ccccc2)c1)N1CCN(C(=O)NC2CCCCC2)CC1. The highest BCUT2D eigenvalue weighted by molar-refractivity contribution is 5.92. The average molecular weight is 408 g/mol. The molecule has 1 N–H and O–H groups in total. The predicted octanol–water partition coefficient (Wildman–Crippen LogP) is 3.07. The lowest BCUT2D eigenvalue weighted by atomic mass is 9.96. The van der Waals surface area contributed by atoms with Crippen molar-refractivity contribution in [3.05, 3.63) is 54.4 Å². The maximum Gasteiger partial charge on any atom is 0.317 e. The minimum absolute atomic E-state index is 0.0119. The van der Waals surface area contributed by atoms with Gasteiger partial charge < -0.3 is 15.1 Å². The fourth-order valence-electron chi connectivity index (χ4n) is 4.06. The third kappa shape index (κ3) is 5.09. The fraction of sp³-hybridized carbons (Fsp3) is 0.435. The summed E-state index contributed by atoms with van der Waals surface area (Å²) in [6.45, 7) is 2.27. The number of nitrogens with one attached hydrogen (secondary N) is 1. The van der Waals surface area contributed by atoms with E-state index in [0.29, 0.717) is 32.2 Å². The summed E-state index contributed by atoms with van der Waals surface area (Å²) in [4.78, 5) is 28.6. The summed E-state index contributed by atoms with van der Waals surface area (Å²) < 4.78 is 1.79. The van der Waals surface area contributed by atoms with Gasteiger partial charge in [0.15, 0.2) is 0 Å². The summed E-state index contributed by atoms with van der Waals surface area (Å²) in [6, 6.07) is 10.2. The Bertz CT molecular complexity index is 878. The smallest absolute Gasteiger partial charge is 0.317 e. The molecule has 3 amide bonds. The van der Waals surface area contributed by atoms with Crippen LogP contribution in [0.3, 0.4) is 0 Å². The number of urea groups is 1. The van der Waals surface area contributed by atoms with E-state index >= 15 is 0 Å². The Kier molecular flexibility index (Phi) is 6.47. The maximum atomic E-state index is 12.5. The van der Waals surface area contributed by atoms with Crippen molar-refractivity contribution in [3.63, 3.8) is 0 Å². The van der Waals surface area contributed by atoms with Gasteiger partial charge >= 0.3 is 6.03 Å². The van der Waals surface area contributed by atoms with E-state index in [4.69, 9.17) is 0 Å². The van der Waals surface area contributed by atoms with E-state index in [1.807, 2.05) is 41.4 Å². The normalized spacial score (nSPS) is 18.0. The molecule has 1 aromatic carbocycles. The van der Waals surface area contributed by atoms with E-state index in [9.17, 15) is 9.59 Å². The van der Waals surface area contributed by atoms with Gasteiger partial charge in [0.2, 0.25) is 5.91 Å². The van der Waals surface area contributed by atoms with E-state index < -0.39 is 0 Å². The summed E-state index contributed by atoms with van der Waals surface area (Å²) in [5, 5.41) is 7.50. The van der Waals surface area contributed by atoms with Crippen LogP contribution < -0.4 is 5.32 Å².